The Morgan fingerprint density at radius 3 is 2.33 bits per heavy atom. The smallest absolute Gasteiger partial charge is 0.320 e. The third-order valence-electron chi connectivity index (χ3n) is 4.04. The summed E-state index contributed by atoms with van der Waals surface area (Å²) in [5.74, 6) is 0.172. The van der Waals surface area contributed by atoms with E-state index in [0.29, 0.717) is 25.7 Å². The molecule has 5 nitrogen and oxygen atoms in total. The van der Waals surface area contributed by atoms with Gasteiger partial charge in [0.1, 0.15) is 0 Å². The zero-order valence-corrected chi connectivity index (χ0v) is 12.8. The quantitative estimate of drug-likeness (QED) is 0.850. The lowest BCUT2D eigenvalue weighted by Crippen LogP contribution is -2.50. The lowest BCUT2D eigenvalue weighted by molar-refractivity contribution is 0.150. The Labute approximate surface area is 125 Å². The van der Waals surface area contributed by atoms with E-state index in [4.69, 9.17) is 0 Å². The number of rotatable bonds is 3. The summed E-state index contributed by atoms with van der Waals surface area (Å²) in [6, 6.07) is 10.2. The van der Waals surface area contributed by atoms with Gasteiger partial charge >= 0.3 is 6.03 Å². The van der Waals surface area contributed by atoms with Crippen molar-refractivity contribution in [1.82, 2.24) is 9.80 Å². The summed E-state index contributed by atoms with van der Waals surface area (Å²) < 4.78 is 22.9. The van der Waals surface area contributed by atoms with Crippen molar-refractivity contribution in [3.63, 3.8) is 0 Å². The van der Waals surface area contributed by atoms with Gasteiger partial charge in [0.05, 0.1) is 11.5 Å². The highest BCUT2D eigenvalue weighted by molar-refractivity contribution is 7.91. The maximum atomic E-state index is 12.7. The van der Waals surface area contributed by atoms with Crippen LogP contribution in [0.4, 0.5) is 4.79 Å². The molecule has 1 saturated carbocycles. The van der Waals surface area contributed by atoms with Gasteiger partial charge in [-0.05, 0) is 18.4 Å². The van der Waals surface area contributed by atoms with Crippen LogP contribution < -0.4 is 0 Å². The number of nitrogens with zero attached hydrogens (tertiary/aromatic N) is 2. The Hall–Kier alpha value is -1.56. The molecular weight excluding hydrogens is 288 g/mol. The standard InChI is InChI=1S/C15H20N2O3S/c18-15(16-8-10-21(19,20)11-9-16)17(14-6-7-14)12-13-4-2-1-3-5-13/h1-5,14H,6-12H2. The molecule has 21 heavy (non-hydrogen) atoms. The van der Waals surface area contributed by atoms with Gasteiger partial charge in [-0.15, -0.1) is 0 Å². The number of amides is 2. The minimum absolute atomic E-state index is 0.0174. The summed E-state index contributed by atoms with van der Waals surface area (Å²) in [5, 5.41) is 0. The second-order valence-electron chi connectivity index (χ2n) is 5.77. The second-order valence-corrected chi connectivity index (χ2v) is 8.07. The first-order valence-electron chi connectivity index (χ1n) is 7.35. The predicted molar refractivity (Wildman–Crippen MR) is 80.6 cm³/mol. The fourth-order valence-corrected chi connectivity index (χ4v) is 3.81. The second kappa shape index (κ2) is 5.67. The van der Waals surface area contributed by atoms with E-state index in [1.54, 1.807) is 4.90 Å². The number of hydrogen-bond acceptors (Lipinski definition) is 3. The van der Waals surface area contributed by atoms with Gasteiger partial charge in [0, 0.05) is 25.7 Å². The van der Waals surface area contributed by atoms with Gasteiger partial charge in [-0.25, -0.2) is 13.2 Å². The van der Waals surface area contributed by atoms with Gasteiger partial charge in [0.2, 0.25) is 0 Å². The molecule has 0 N–H and O–H groups in total. The first-order valence-corrected chi connectivity index (χ1v) is 9.17. The lowest BCUT2D eigenvalue weighted by atomic mass is 10.2. The van der Waals surface area contributed by atoms with Gasteiger partial charge < -0.3 is 9.80 Å². The van der Waals surface area contributed by atoms with E-state index in [0.717, 1.165) is 18.4 Å². The summed E-state index contributed by atoms with van der Waals surface area (Å²) in [6.07, 6.45) is 2.09. The van der Waals surface area contributed by atoms with Gasteiger partial charge in [0.25, 0.3) is 0 Å². The molecule has 1 aromatic rings. The molecule has 1 aliphatic carbocycles. The van der Waals surface area contributed by atoms with Crippen molar-refractivity contribution < 1.29 is 13.2 Å². The number of sulfone groups is 1. The van der Waals surface area contributed by atoms with E-state index >= 15 is 0 Å². The van der Waals surface area contributed by atoms with E-state index in [-0.39, 0.29) is 17.5 Å². The van der Waals surface area contributed by atoms with Crippen molar-refractivity contribution >= 4 is 15.9 Å². The zero-order valence-electron chi connectivity index (χ0n) is 11.9. The first kappa shape index (κ1) is 14.4. The molecule has 1 heterocycles. The van der Waals surface area contributed by atoms with Crippen LogP contribution in [0.15, 0.2) is 30.3 Å². The van der Waals surface area contributed by atoms with E-state index in [1.165, 1.54) is 0 Å². The number of carbonyl (C=O) groups excluding carboxylic acids is 1. The molecule has 0 radical (unpaired) electrons. The summed E-state index contributed by atoms with van der Waals surface area (Å²) in [7, 11) is -2.95. The fourth-order valence-electron chi connectivity index (χ4n) is 2.60. The number of urea groups is 1. The SMILES string of the molecule is O=C(N1CCS(=O)(=O)CC1)N(Cc1ccccc1)C1CC1. The number of hydrogen-bond donors (Lipinski definition) is 0. The average molecular weight is 308 g/mol. The number of carbonyl (C=O) groups is 1. The maximum Gasteiger partial charge on any atom is 0.320 e. The summed E-state index contributed by atoms with van der Waals surface area (Å²) in [5.41, 5.74) is 1.11. The molecule has 2 aliphatic rings. The van der Waals surface area contributed by atoms with E-state index < -0.39 is 9.84 Å². The van der Waals surface area contributed by atoms with E-state index in [2.05, 4.69) is 0 Å². The minimum Gasteiger partial charge on any atom is -0.323 e. The molecule has 0 aromatic heterocycles. The highest BCUT2D eigenvalue weighted by Gasteiger charge is 2.36. The molecule has 0 spiro atoms. The highest BCUT2D eigenvalue weighted by atomic mass is 32.2. The summed E-state index contributed by atoms with van der Waals surface area (Å²) >= 11 is 0. The van der Waals surface area contributed by atoms with Gasteiger partial charge in [-0.3, -0.25) is 0 Å². The first-order chi connectivity index (χ1) is 10.1. The van der Waals surface area contributed by atoms with Crippen molar-refractivity contribution in [3.8, 4) is 0 Å². The molecule has 0 unspecified atom stereocenters. The van der Waals surface area contributed by atoms with Crippen LogP contribution in [0.3, 0.4) is 0 Å². The summed E-state index contributed by atoms with van der Waals surface area (Å²) in [4.78, 5) is 16.2. The van der Waals surface area contributed by atoms with E-state index in [1.807, 2.05) is 35.2 Å². The third kappa shape index (κ3) is 3.56. The van der Waals surface area contributed by atoms with E-state index in [9.17, 15) is 13.2 Å². The van der Waals surface area contributed by atoms with Crippen molar-refractivity contribution in [2.45, 2.75) is 25.4 Å². The monoisotopic (exact) mass is 308 g/mol. The van der Waals surface area contributed by atoms with Gasteiger partial charge in [-0.2, -0.15) is 0 Å². The Morgan fingerprint density at radius 2 is 1.76 bits per heavy atom. The van der Waals surface area contributed by atoms with Crippen molar-refractivity contribution in [3.05, 3.63) is 35.9 Å². The minimum atomic E-state index is -2.95. The normalized spacial score (nSPS) is 21.0. The Morgan fingerprint density at radius 1 is 1.14 bits per heavy atom. The predicted octanol–water partition coefficient (Wildman–Crippen LogP) is 1.50. The molecule has 6 heteroatoms. The molecule has 1 saturated heterocycles. The van der Waals surface area contributed by atoms with Crippen LogP contribution in [0.5, 0.6) is 0 Å². The zero-order chi connectivity index (χ0) is 14.9. The average Bonchev–Trinajstić information content (AvgIpc) is 3.30. The highest BCUT2D eigenvalue weighted by Crippen LogP contribution is 2.29. The molecule has 114 valence electrons. The topological polar surface area (TPSA) is 57.7 Å². The fraction of sp³-hybridized carbons (Fsp3) is 0.533. The number of benzene rings is 1. The maximum absolute atomic E-state index is 12.7. The molecule has 0 atom stereocenters. The van der Waals surface area contributed by atoms with Crippen molar-refractivity contribution in [2.24, 2.45) is 0 Å². The third-order valence-corrected chi connectivity index (χ3v) is 5.65. The van der Waals surface area contributed by atoms with Crippen molar-refractivity contribution in [1.29, 1.82) is 0 Å². The Balaban J connectivity index is 1.68. The summed E-state index contributed by atoms with van der Waals surface area (Å²) in [6.45, 7) is 1.24. The molecule has 0 bridgehead atoms. The van der Waals surface area contributed by atoms with Crippen LogP contribution in [0.1, 0.15) is 18.4 Å². The van der Waals surface area contributed by atoms with Gasteiger partial charge in [0.15, 0.2) is 9.84 Å². The van der Waals surface area contributed by atoms with Crippen LogP contribution >= 0.6 is 0 Å². The van der Waals surface area contributed by atoms with Crippen LogP contribution in [-0.4, -0.2) is 54.9 Å². The Bertz CT molecular complexity index is 597. The molecule has 1 aromatic carbocycles. The van der Waals surface area contributed by atoms with Crippen LogP contribution in [-0.2, 0) is 16.4 Å². The lowest BCUT2D eigenvalue weighted by Gasteiger charge is -2.33. The molecule has 2 fully saturated rings. The van der Waals surface area contributed by atoms with Crippen LogP contribution in [0.2, 0.25) is 0 Å². The largest absolute Gasteiger partial charge is 0.323 e. The molecular formula is C15H20N2O3S. The molecule has 1 aliphatic heterocycles. The molecule has 3 rings (SSSR count). The molecule has 2 amide bonds. The Kier molecular flexibility index (Phi) is 3.89. The van der Waals surface area contributed by atoms with Gasteiger partial charge in [-0.1, -0.05) is 30.3 Å². The van der Waals surface area contributed by atoms with Crippen molar-refractivity contribution in [2.75, 3.05) is 24.6 Å². The van der Waals surface area contributed by atoms with Crippen LogP contribution in [0, 0.1) is 0 Å². The van der Waals surface area contributed by atoms with Crippen LogP contribution in [0.25, 0.3) is 0 Å².